The molecule has 2 aromatic heterocycles. The highest BCUT2D eigenvalue weighted by Crippen LogP contribution is 2.22. The number of carbonyl (C=O) groups is 1. The highest BCUT2D eigenvalue weighted by atomic mass is 32.1. The van der Waals surface area contributed by atoms with Crippen LogP contribution in [0.3, 0.4) is 0 Å². The van der Waals surface area contributed by atoms with Gasteiger partial charge < -0.3 is 4.57 Å². The Morgan fingerprint density at radius 1 is 1.32 bits per heavy atom. The Kier molecular flexibility index (Phi) is 4.09. The van der Waals surface area contributed by atoms with Gasteiger partial charge in [-0.3, -0.25) is 4.79 Å². The Morgan fingerprint density at radius 3 is 2.86 bits per heavy atom. The predicted octanol–water partition coefficient (Wildman–Crippen LogP) is 4.06. The standard InChI is InChI=1S/C17H16N2OS2/c1-11-9-12(2)16-14(10-11)22-17(19(16)3)18-15(20)7-6-13-5-4-8-21-13/h4-10H,1-3H3. The largest absolute Gasteiger partial charge is 0.319 e. The Labute approximate surface area is 136 Å². The van der Waals surface area contributed by atoms with Crippen LogP contribution in [-0.2, 0) is 11.8 Å². The molecular formula is C17H16N2OS2. The quantitative estimate of drug-likeness (QED) is 0.653. The summed E-state index contributed by atoms with van der Waals surface area (Å²) in [5, 5.41) is 1.98. The number of fused-ring (bicyclic) bond motifs is 1. The summed E-state index contributed by atoms with van der Waals surface area (Å²) < 4.78 is 3.15. The predicted molar refractivity (Wildman–Crippen MR) is 94.2 cm³/mol. The molecule has 0 radical (unpaired) electrons. The molecule has 3 rings (SSSR count). The number of rotatable bonds is 2. The molecule has 3 aromatic rings. The van der Waals surface area contributed by atoms with Crippen molar-refractivity contribution in [2.45, 2.75) is 13.8 Å². The number of thiophene rings is 1. The Hall–Kier alpha value is -1.98. The second kappa shape index (κ2) is 6.02. The van der Waals surface area contributed by atoms with Crippen LogP contribution in [0, 0.1) is 13.8 Å². The molecule has 3 nitrogen and oxygen atoms in total. The van der Waals surface area contributed by atoms with Crippen molar-refractivity contribution >= 4 is 44.9 Å². The maximum atomic E-state index is 12.0. The Morgan fingerprint density at radius 2 is 2.14 bits per heavy atom. The molecule has 0 aliphatic carbocycles. The van der Waals surface area contributed by atoms with E-state index in [0.29, 0.717) is 0 Å². The van der Waals surface area contributed by atoms with Gasteiger partial charge in [0.2, 0.25) is 0 Å². The summed E-state index contributed by atoms with van der Waals surface area (Å²) in [4.78, 5) is 18.0. The maximum Gasteiger partial charge on any atom is 0.272 e. The summed E-state index contributed by atoms with van der Waals surface area (Å²) in [5.74, 6) is -0.232. The number of amides is 1. The molecule has 0 bridgehead atoms. The molecular weight excluding hydrogens is 312 g/mol. The van der Waals surface area contributed by atoms with Gasteiger partial charge in [-0.1, -0.05) is 23.5 Å². The van der Waals surface area contributed by atoms with Gasteiger partial charge in [0, 0.05) is 18.0 Å². The average molecular weight is 328 g/mol. The molecule has 22 heavy (non-hydrogen) atoms. The summed E-state index contributed by atoms with van der Waals surface area (Å²) in [6.07, 6.45) is 3.33. The number of hydrogen-bond acceptors (Lipinski definition) is 3. The van der Waals surface area contributed by atoms with Crippen LogP contribution >= 0.6 is 22.7 Å². The lowest BCUT2D eigenvalue weighted by atomic mass is 10.1. The number of aryl methyl sites for hydroxylation is 3. The third-order valence-corrected chi connectivity index (χ3v) is 5.29. The molecule has 0 aliphatic rings. The van der Waals surface area contributed by atoms with Gasteiger partial charge in [-0.25, -0.2) is 0 Å². The number of thiazole rings is 1. The molecule has 0 atom stereocenters. The minimum absolute atomic E-state index is 0.232. The van der Waals surface area contributed by atoms with Gasteiger partial charge in [0.1, 0.15) is 0 Å². The van der Waals surface area contributed by atoms with Crippen molar-refractivity contribution in [1.82, 2.24) is 4.57 Å². The summed E-state index contributed by atoms with van der Waals surface area (Å²) in [6, 6.07) is 8.22. The second-order valence-corrected chi connectivity index (χ2v) is 7.16. The summed E-state index contributed by atoms with van der Waals surface area (Å²) >= 11 is 3.15. The SMILES string of the molecule is Cc1cc(C)c2c(c1)sc(=NC(=O)C=Cc1cccs1)n2C. The van der Waals surface area contributed by atoms with Crippen LogP contribution in [0.2, 0.25) is 0 Å². The van der Waals surface area contributed by atoms with Crippen molar-refractivity contribution in [2.75, 3.05) is 0 Å². The van der Waals surface area contributed by atoms with E-state index in [1.165, 1.54) is 17.2 Å². The van der Waals surface area contributed by atoms with Gasteiger partial charge in [-0.2, -0.15) is 4.99 Å². The normalized spacial score (nSPS) is 12.6. The Balaban J connectivity index is 2.01. The third-order valence-electron chi connectivity index (χ3n) is 3.37. The van der Waals surface area contributed by atoms with Crippen LogP contribution in [0.5, 0.6) is 0 Å². The van der Waals surface area contributed by atoms with Gasteiger partial charge >= 0.3 is 0 Å². The molecule has 112 valence electrons. The first-order valence-corrected chi connectivity index (χ1v) is 8.61. The summed E-state index contributed by atoms with van der Waals surface area (Å²) in [7, 11) is 1.95. The maximum absolute atomic E-state index is 12.0. The number of hydrogen-bond donors (Lipinski definition) is 0. The van der Waals surface area contributed by atoms with Crippen molar-refractivity contribution in [3.8, 4) is 0 Å². The van der Waals surface area contributed by atoms with E-state index < -0.39 is 0 Å². The monoisotopic (exact) mass is 328 g/mol. The lowest BCUT2D eigenvalue weighted by molar-refractivity contribution is -0.113. The molecule has 1 amide bonds. The van der Waals surface area contributed by atoms with Crippen molar-refractivity contribution in [3.05, 3.63) is 56.5 Å². The molecule has 2 heterocycles. The lowest BCUT2D eigenvalue weighted by Gasteiger charge is -2.01. The van der Waals surface area contributed by atoms with E-state index in [2.05, 4.69) is 31.0 Å². The molecule has 0 fully saturated rings. The number of benzene rings is 1. The lowest BCUT2D eigenvalue weighted by Crippen LogP contribution is -2.12. The molecule has 5 heteroatoms. The zero-order valence-electron chi connectivity index (χ0n) is 12.7. The molecule has 0 N–H and O–H groups in total. The van der Waals surface area contributed by atoms with Gasteiger partial charge in [-0.05, 0) is 48.6 Å². The van der Waals surface area contributed by atoms with E-state index >= 15 is 0 Å². The van der Waals surface area contributed by atoms with Crippen molar-refractivity contribution in [2.24, 2.45) is 12.0 Å². The van der Waals surface area contributed by atoms with Crippen molar-refractivity contribution in [1.29, 1.82) is 0 Å². The van der Waals surface area contributed by atoms with Gasteiger partial charge in [0.05, 0.1) is 10.2 Å². The molecule has 0 unspecified atom stereocenters. The minimum atomic E-state index is -0.232. The molecule has 0 spiro atoms. The zero-order valence-corrected chi connectivity index (χ0v) is 14.3. The van der Waals surface area contributed by atoms with Crippen LogP contribution < -0.4 is 4.80 Å². The smallest absolute Gasteiger partial charge is 0.272 e. The molecule has 1 aromatic carbocycles. The van der Waals surface area contributed by atoms with Crippen LogP contribution in [-0.4, -0.2) is 10.5 Å². The summed E-state index contributed by atoms with van der Waals surface area (Å²) in [5.41, 5.74) is 3.57. The van der Waals surface area contributed by atoms with Gasteiger partial charge in [0.15, 0.2) is 4.80 Å². The fraction of sp³-hybridized carbons (Fsp3) is 0.176. The van der Waals surface area contributed by atoms with Crippen LogP contribution in [0.1, 0.15) is 16.0 Å². The van der Waals surface area contributed by atoms with Gasteiger partial charge in [-0.15, -0.1) is 11.3 Å². The highest BCUT2D eigenvalue weighted by Gasteiger charge is 2.07. The first-order valence-electron chi connectivity index (χ1n) is 6.91. The Bertz CT molecular complexity index is 928. The third kappa shape index (κ3) is 2.96. The fourth-order valence-electron chi connectivity index (χ4n) is 2.46. The van der Waals surface area contributed by atoms with Crippen LogP contribution in [0.4, 0.5) is 0 Å². The molecule has 0 saturated carbocycles. The molecule has 0 saturated heterocycles. The minimum Gasteiger partial charge on any atom is -0.319 e. The van der Waals surface area contributed by atoms with E-state index in [9.17, 15) is 4.79 Å². The highest BCUT2D eigenvalue weighted by molar-refractivity contribution is 7.16. The van der Waals surface area contributed by atoms with Gasteiger partial charge in [0.25, 0.3) is 5.91 Å². The fourth-order valence-corrected chi connectivity index (χ4v) is 4.28. The molecule has 0 aliphatic heterocycles. The van der Waals surface area contributed by atoms with E-state index in [-0.39, 0.29) is 5.91 Å². The number of nitrogens with zero attached hydrogens (tertiary/aromatic N) is 2. The average Bonchev–Trinajstić information content (AvgIpc) is 3.05. The van der Waals surface area contributed by atoms with Crippen molar-refractivity contribution in [3.63, 3.8) is 0 Å². The summed E-state index contributed by atoms with van der Waals surface area (Å²) in [6.45, 7) is 4.17. The van der Waals surface area contributed by atoms with E-state index in [1.807, 2.05) is 29.1 Å². The topological polar surface area (TPSA) is 34.4 Å². The second-order valence-electron chi connectivity index (χ2n) is 5.17. The first-order chi connectivity index (χ1) is 10.5. The number of aromatic nitrogens is 1. The number of carbonyl (C=O) groups excluding carboxylic acids is 1. The first kappa shape index (κ1) is 14.9. The van der Waals surface area contributed by atoms with E-state index in [1.54, 1.807) is 28.7 Å². The van der Waals surface area contributed by atoms with Crippen LogP contribution in [0.15, 0.2) is 40.7 Å². The van der Waals surface area contributed by atoms with Crippen LogP contribution in [0.25, 0.3) is 16.3 Å². The zero-order chi connectivity index (χ0) is 15.7. The van der Waals surface area contributed by atoms with E-state index in [4.69, 9.17) is 0 Å². The van der Waals surface area contributed by atoms with Crippen molar-refractivity contribution < 1.29 is 4.79 Å². The van der Waals surface area contributed by atoms with E-state index in [0.717, 1.165) is 19.9 Å².